The number of carboxylic acids is 1. The van der Waals surface area contributed by atoms with E-state index in [0.29, 0.717) is 24.4 Å². The molecular weight excluding hydrogens is 312 g/mol. The minimum absolute atomic E-state index is 0.173. The third-order valence-corrected chi connectivity index (χ3v) is 4.48. The van der Waals surface area contributed by atoms with Crippen molar-refractivity contribution < 1.29 is 24.2 Å². The third-order valence-electron chi connectivity index (χ3n) is 4.48. The number of carboxylic acid groups (broad SMARTS) is 1. The van der Waals surface area contributed by atoms with Gasteiger partial charge in [0.2, 0.25) is 5.91 Å². The predicted molar refractivity (Wildman–Crippen MR) is 85.9 cm³/mol. The smallest absolute Gasteiger partial charge is 0.326 e. The van der Waals surface area contributed by atoms with E-state index in [-0.39, 0.29) is 18.4 Å². The minimum atomic E-state index is -0.995. The number of hydrogen-bond donors (Lipinski definition) is 1. The highest BCUT2D eigenvalue weighted by atomic mass is 16.5. The molecule has 0 spiro atoms. The fraction of sp³-hybridized carbons (Fsp3) is 0.471. The lowest BCUT2D eigenvalue weighted by Crippen LogP contribution is -2.54. The zero-order chi connectivity index (χ0) is 17.3. The molecule has 1 aromatic carbocycles. The van der Waals surface area contributed by atoms with E-state index in [1.54, 1.807) is 31.2 Å². The highest BCUT2D eigenvalue weighted by molar-refractivity contribution is 6.04. The quantitative estimate of drug-likeness (QED) is 0.900. The minimum Gasteiger partial charge on any atom is -0.480 e. The number of hydrogen-bond acceptors (Lipinski definition) is 4. The molecule has 1 aromatic rings. The first-order chi connectivity index (χ1) is 11.5. The van der Waals surface area contributed by atoms with Crippen molar-refractivity contribution in [3.05, 3.63) is 24.3 Å². The summed E-state index contributed by atoms with van der Waals surface area (Å²) >= 11 is 0. The monoisotopic (exact) mass is 332 g/mol. The molecule has 1 fully saturated rings. The molecule has 0 saturated carbocycles. The molecule has 2 aliphatic rings. The molecule has 1 N–H and O–H groups in total. The average Bonchev–Trinajstić information content (AvgIpc) is 2.58. The van der Waals surface area contributed by atoms with Crippen molar-refractivity contribution in [1.29, 1.82) is 0 Å². The summed E-state index contributed by atoms with van der Waals surface area (Å²) in [5.74, 6) is -1.10. The number of carbonyl (C=O) groups is 3. The van der Waals surface area contributed by atoms with Crippen molar-refractivity contribution in [3.8, 4) is 5.75 Å². The van der Waals surface area contributed by atoms with Gasteiger partial charge in [-0.05, 0) is 38.3 Å². The summed E-state index contributed by atoms with van der Waals surface area (Å²) in [6.45, 7) is 1.87. The molecule has 2 unspecified atom stereocenters. The Labute approximate surface area is 139 Å². The lowest BCUT2D eigenvalue weighted by molar-refractivity contribution is -0.151. The van der Waals surface area contributed by atoms with Gasteiger partial charge in [0.25, 0.3) is 5.91 Å². The molecule has 2 heterocycles. The summed E-state index contributed by atoms with van der Waals surface area (Å²) in [5.41, 5.74) is 0.540. The highest BCUT2D eigenvalue weighted by Crippen LogP contribution is 2.33. The lowest BCUT2D eigenvalue weighted by atomic mass is 10.0. The summed E-state index contributed by atoms with van der Waals surface area (Å²) < 4.78 is 5.55. The van der Waals surface area contributed by atoms with Gasteiger partial charge in [-0.1, -0.05) is 12.1 Å². The highest BCUT2D eigenvalue weighted by Gasteiger charge is 2.37. The van der Waals surface area contributed by atoms with Crippen LogP contribution >= 0.6 is 0 Å². The first-order valence-corrected chi connectivity index (χ1v) is 8.08. The van der Waals surface area contributed by atoms with Crippen molar-refractivity contribution in [1.82, 2.24) is 4.90 Å². The fourth-order valence-electron chi connectivity index (χ4n) is 3.23. The van der Waals surface area contributed by atoms with Crippen LogP contribution in [-0.2, 0) is 14.4 Å². The molecule has 3 rings (SSSR count). The molecule has 0 aliphatic carbocycles. The molecule has 24 heavy (non-hydrogen) atoms. The molecule has 7 heteroatoms. The molecule has 0 aromatic heterocycles. The molecule has 1 saturated heterocycles. The van der Waals surface area contributed by atoms with Crippen LogP contribution in [0.4, 0.5) is 5.69 Å². The Bertz CT molecular complexity index is 675. The number of carbonyl (C=O) groups excluding carboxylic acids is 2. The topological polar surface area (TPSA) is 87.2 Å². The number of benzene rings is 1. The van der Waals surface area contributed by atoms with Gasteiger partial charge < -0.3 is 14.7 Å². The molecule has 0 bridgehead atoms. The molecular formula is C17H20N2O5. The fourth-order valence-corrected chi connectivity index (χ4v) is 3.23. The number of ether oxygens (including phenoxy) is 1. The van der Waals surface area contributed by atoms with E-state index in [9.17, 15) is 19.5 Å². The maximum atomic E-state index is 12.7. The van der Waals surface area contributed by atoms with Crippen molar-refractivity contribution >= 4 is 23.5 Å². The van der Waals surface area contributed by atoms with Crippen molar-refractivity contribution in [2.75, 3.05) is 18.0 Å². The molecule has 0 radical (unpaired) electrons. The number of anilines is 1. The second kappa shape index (κ2) is 6.51. The number of para-hydroxylation sites is 2. The Hall–Kier alpha value is -2.57. The van der Waals surface area contributed by atoms with E-state index in [1.807, 2.05) is 0 Å². The standard InChI is InChI=1S/C17H20N2O5/c1-11-16(21)19(12-6-2-3-8-14(12)24-11)10-15(20)18-9-5-4-7-13(18)17(22)23/h2-3,6,8,11,13H,4-5,7,9-10H2,1H3,(H,22,23). The molecule has 128 valence electrons. The number of rotatable bonds is 3. The van der Waals surface area contributed by atoms with Gasteiger partial charge in [0, 0.05) is 6.54 Å². The normalized spacial score (nSPS) is 23.5. The van der Waals surface area contributed by atoms with Gasteiger partial charge in [-0.2, -0.15) is 0 Å². The second-order valence-electron chi connectivity index (χ2n) is 6.09. The molecule has 2 amide bonds. The number of nitrogens with zero attached hydrogens (tertiary/aromatic N) is 2. The van der Waals surface area contributed by atoms with Crippen LogP contribution in [0.3, 0.4) is 0 Å². The van der Waals surface area contributed by atoms with Gasteiger partial charge in [0.15, 0.2) is 6.10 Å². The van der Waals surface area contributed by atoms with Crippen molar-refractivity contribution in [2.45, 2.75) is 38.3 Å². The Morgan fingerprint density at radius 1 is 1.29 bits per heavy atom. The number of piperidine rings is 1. The summed E-state index contributed by atoms with van der Waals surface area (Å²) in [6, 6.07) is 6.22. The summed E-state index contributed by atoms with van der Waals surface area (Å²) in [5, 5.41) is 9.32. The van der Waals surface area contributed by atoms with Gasteiger partial charge in [-0.3, -0.25) is 14.5 Å². The van der Waals surface area contributed by atoms with E-state index >= 15 is 0 Å². The molecule has 2 aliphatic heterocycles. The van der Waals surface area contributed by atoms with E-state index in [2.05, 4.69) is 0 Å². The maximum absolute atomic E-state index is 12.7. The van der Waals surface area contributed by atoms with E-state index in [1.165, 1.54) is 9.80 Å². The molecule has 2 atom stereocenters. The van der Waals surface area contributed by atoms with Crippen LogP contribution in [0, 0.1) is 0 Å². The van der Waals surface area contributed by atoms with Crippen LogP contribution < -0.4 is 9.64 Å². The first-order valence-electron chi connectivity index (χ1n) is 8.08. The summed E-state index contributed by atoms with van der Waals surface area (Å²) in [6.07, 6.45) is 1.34. The van der Waals surface area contributed by atoms with Crippen molar-refractivity contribution in [2.24, 2.45) is 0 Å². The Balaban J connectivity index is 1.83. The van der Waals surface area contributed by atoms with Crippen LogP contribution in [0.15, 0.2) is 24.3 Å². The second-order valence-corrected chi connectivity index (χ2v) is 6.09. The van der Waals surface area contributed by atoms with Crippen LogP contribution in [-0.4, -0.2) is 53.0 Å². The average molecular weight is 332 g/mol. The van der Waals surface area contributed by atoms with Crippen LogP contribution in [0.2, 0.25) is 0 Å². The van der Waals surface area contributed by atoms with Crippen molar-refractivity contribution in [3.63, 3.8) is 0 Å². The Kier molecular flexibility index (Phi) is 4.42. The van der Waals surface area contributed by atoms with Gasteiger partial charge in [-0.25, -0.2) is 4.79 Å². The van der Waals surface area contributed by atoms with Crippen LogP contribution in [0.5, 0.6) is 5.75 Å². The van der Waals surface area contributed by atoms with E-state index in [4.69, 9.17) is 4.74 Å². The van der Waals surface area contributed by atoms with Gasteiger partial charge >= 0.3 is 5.97 Å². The summed E-state index contributed by atoms with van der Waals surface area (Å²) in [4.78, 5) is 39.3. The van der Waals surface area contributed by atoms with Crippen LogP contribution in [0.25, 0.3) is 0 Å². The zero-order valence-electron chi connectivity index (χ0n) is 13.5. The lowest BCUT2D eigenvalue weighted by Gasteiger charge is -2.37. The van der Waals surface area contributed by atoms with E-state index in [0.717, 1.165) is 12.8 Å². The number of amides is 2. The van der Waals surface area contributed by atoms with Crippen LogP contribution in [0.1, 0.15) is 26.2 Å². The number of likely N-dealkylation sites (tertiary alicyclic amines) is 1. The maximum Gasteiger partial charge on any atom is 0.326 e. The van der Waals surface area contributed by atoms with Gasteiger partial charge in [0.1, 0.15) is 18.3 Å². The third kappa shape index (κ3) is 2.93. The van der Waals surface area contributed by atoms with Gasteiger partial charge in [0.05, 0.1) is 5.69 Å². The SMILES string of the molecule is CC1Oc2ccccc2N(CC(=O)N2CCCCC2C(=O)O)C1=O. The molecule has 7 nitrogen and oxygen atoms in total. The first kappa shape index (κ1) is 16.3. The Morgan fingerprint density at radius 2 is 2.04 bits per heavy atom. The largest absolute Gasteiger partial charge is 0.480 e. The van der Waals surface area contributed by atoms with E-state index < -0.39 is 18.1 Å². The zero-order valence-corrected chi connectivity index (χ0v) is 13.5. The Morgan fingerprint density at radius 3 is 2.79 bits per heavy atom. The van der Waals surface area contributed by atoms with Gasteiger partial charge in [-0.15, -0.1) is 0 Å². The summed E-state index contributed by atoms with van der Waals surface area (Å²) in [7, 11) is 0. The predicted octanol–water partition coefficient (Wildman–Crippen LogP) is 1.27. The number of aliphatic carboxylic acids is 1. The number of fused-ring (bicyclic) bond motifs is 1.